The Balaban J connectivity index is 1.83. The van der Waals surface area contributed by atoms with Crippen molar-refractivity contribution in [3.8, 4) is 5.75 Å². The van der Waals surface area contributed by atoms with Gasteiger partial charge in [0.25, 0.3) is 0 Å². The van der Waals surface area contributed by atoms with E-state index in [2.05, 4.69) is 0 Å². The molecule has 2 saturated heterocycles. The number of methoxy groups -OCH3 is 1. The summed E-state index contributed by atoms with van der Waals surface area (Å²) in [5.74, 6) is -0.243. The van der Waals surface area contributed by atoms with E-state index in [-0.39, 0.29) is 18.0 Å². The summed E-state index contributed by atoms with van der Waals surface area (Å²) >= 11 is 0. The summed E-state index contributed by atoms with van der Waals surface area (Å²) in [5, 5.41) is 10.2. The van der Waals surface area contributed by atoms with Crippen molar-refractivity contribution in [2.45, 2.75) is 42.8 Å². The van der Waals surface area contributed by atoms with Crippen LogP contribution in [-0.2, 0) is 19.5 Å². The fourth-order valence-electron chi connectivity index (χ4n) is 3.01. The topological polar surface area (TPSA) is 85.3 Å². The van der Waals surface area contributed by atoms with Gasteiger partial charge in [-0.25, -0.2) is 8.42 Å². The molecule has 23 heavy (non-hydrogen) atoms. The number of aliphatic hydroxyl groups is 1. The van der Waals surface area contributed by atoms with Gasteiger partial charge in [0.15, 0.2) is 5.79 Å². The average Bonchev–Trinajstić information content (AvgIpc) is 2.82. The number of sulfonamides is 1. The molecule has 0 radical (unpaired) electrons. The van der Waals surface area contributed by atoms with Crippen LogP contribution < -0.4 is 4.74 Å². The minimum absolute atomic E-state index is 0.0189. The zero-order valence-electron chi connectivity index (χ0n) is 13.3. The SMILES string of the molecule is COc1ccc(S(=O)(=O)N2C[C@@H](O)[C@H]3OC(C)(C)O[C@H]3C2)cc1. The van der Waals surface area contributed by atoms with E-state index in [1.807, 2.05) is 0 Å². The molecule has 0 unspecified atom stereocenters. The number of hydrogen-bond donors (Lipinski definition) is 1. The van der Waals surface area contributed by atoms with Crippen molar-refractivity contribution < 1.29 is 27.7 Å². The molecule has 3 atom stereocenters. The Morgan fingerprint density at radius 2 is 1.87 bits per heavy atom. The highest BCUT2D eigenvalue weighted by atomic mass is 32.2. The number of β-amino-alcohol motifs (C(OH)–C–C–N with tert-alkyl or cyclic N) is 1. The van der Waals surface area contributed by atoms with Crippen LogP contribution in [0.2, 0.25) is 0 Å². The smallest absolute Gasteiger partial charge is 0.243 e. The molecule has 128 valence electrons. The van der Waals surface area contributed by atoms with Crippen molar-refractivity contribution in [3.63, 3.8) is 0 Å². The molecule has 2 aliphatic rings. The molecular formula is C15H21NO6S. The highest BCUT2D eigenvalue weighted by molar-refractivity contribution is 7.89. The largest absolute Gasteiger partial charge is 0.497 e. The van der Waals surface area contributed by atoms with E-state index in [0.717, 1.165) is 0 Å². The fourth-order valence-corrected chi connectivity index (χ4v) is 4.48. The molecule has 2 aliphatic heterocycles. The van der Waals surface area contributed by atoms with Gasteiger partial charge in [0.1, 0.15) is 18.0 Å². The number of hydrogen-bond acceptors (Lipinski definition) is 6. The van der Waals surface area contributed by atoms with Crippen LogP contribution in [0.5, 0.6) is 5.75 Å². The first-order valence-corrected chi connectivity index (χ1v) is 8.85. The Morgan fingerprint density at radius 3 is 2.48 bits per heavy atom. The van der Waals surface area contributed by atoms with Crippen LogP contribution in [-0.4, -0.2) is 62.1 Å². The molecule has 0 aliphatic carbocycles. The highest BCUT2D eigenvalue weighted by Crippen LogP contribution is 2.35. The Morgan fingerprint density at radius 1 is 1.22 bits per heavy atom. The number of fused-ring (bicyclic) bond motifs is 1. The van der Waals surface area contributed by atoms with Gasteiger partial charge in [-0.3, -0.25) is 0 Å². The third-order valence-corrected chi connectivity index (χ3v) is 5.92. The maximum absolute atomic E-state index is 12.8. The van der Waals surface area contributed by atoms with Gasteiger partial charge in [0.05, 0.1) is 18.1 Å². The molecule has 0 bridgehead atoms. The molecule has 0 spiro atoms. The summed E-state index contributed by atoms with van der Waals surface area (Å²) in [6.45, 7) is 3.63. The van der Waals surface area contributed by atoms with Crippen LogP contribution in [0.15, 0.2) is 29.2 Å². The lowest BCUT2D eigenvalue weighted by molar-refractivity contribution is -0.152. The summed E-state index contributed by atoms with van der Waals surface area (Å²) in [6, 6.07) is 6.16. The molecule has 2 fully saturated rings. The number of ether oxygens (including phenoxy) is 3. The molecule has 2 heterocycles. The zero-order valence-corrected chi connectivity index (χ0v) is 14.1. The summed E-state index contributed by atoms with van der Waals surface area (Å²) in [7, 11) is -2.20. The van der Waals surface area contributed by atoms with Gasteiger partial charge in [-0.1, -0.05) is 0 Å². The highest BCUT2D eigenvalue weighted by Gasteiger charge is 2.50. The van der Waals surface area contributed by atoms with Crippen LogP contribution in [0, 0.1) is 0 Å². The molecular weight excluding hydrogens is 322 g/mol. The standard InChI is InChI=1S/C15H21NO6S/c1-15(2)21-13-9-16(8-12(17)14(13)22-15)23(18,19)11-6-4-10(20-3)5-7-11/h4-7,12-14,17H,8-9H2,1-3H3/t12-,13+,14-/m1/s1. The van der Waals surface area contributed by atoms with Crippen molar-refractivity contribution in [3.05, 3.63) is 24.3 Å². The van der Waals surface area contributed by atoms with Crippen molar-refractivity contribution in [1.29, 1.82) is 0 Å². The number of aliphatic hydroxyl groups excluding tert-OH is 1. The number of piperidine rings is 1. The third-order valence-electron chi connectivity index (χ3n) is 4.07. The summed E-state index contributed by atoms with van der Waals surface area (Å²) in [5.41, 5.74) is 0. The molecule has 1 aromatic rings. The van der Waals surface area contributed by atoms with E-state index in [0.29, 0.717) is 5.75 Å². The lowest BCUT2D eigenvalue weighted by atomic mass is 10.0. The molecule has 0 amide bonds. The fraction of sp³-hybridized carbons (Fsp3) is 0.600. The number of rotatable bonds is 3. The lowest BCUT2D eigenvalue weighted by Crippen LogP contribution is -2.55. The van der Waals surface area contributed by atoms with E-state index >= 15 is 0 Å². The van der Waals surface area contributed by atoms with E-state index in [1.165, 1.54) is 23.5 Å². The van der Waals surface area contributed by atoms with Gasteiger partial charge in [-0.2, -0.15) is 4.31 Å². The normalized spacial score (nSPS) is 30.9. The molecule has 1 N–H and O–H groups in total. The molecule has 7 nitrogen and oxygen atoms in total. The quantitative estimate of drug-likeness (QED) is 0.864. The van der Waals surface area contributed by atoms with Gasteiger partial charge in [-0.05, 0) is 38.1 Å². The lowest BCUT2D eigenvalue weighted by Gasteiger charge is -2.35. The van der Waals surface area contributed by atoms with Gasteiger partial charge in [-0.15, -0.1) is 0 Å². The van der Waals surface area contributed by atoms with Crippen molar-refractivity contribution in [2.24, 2.45) is 0 Å². The van der Waals surface area contributed by atoms with Crippen molar-refractivity contribution in [1.82, 2.24) is 4.31 Å². The predicted octanol–water partition coefficient (Wildman–Crippen LogP) is 0.580. The molecule has 8 heteroatoms. The first kappa shape index (κ1) is 16.7. The second kappa shape index (κ2) is 5.71. The minimum atomic E-state index is -3.71. The van der Waals surface area contributed by atoms with Gasteiger partial charge in [0.2, 0.25) is 10.0 Å². The number of benzene rings is 1. The van der Waals surface area contributed by atoms with Crippen molar-refractivity contribution >= 4 is 10.0 Å². The van der Waals surface area contributed by atoms with Crippen LogP contribution in [0.4, 0.5) is 0 Å². The molecule has 3 rings (SSSR count). The van der Waals surface area contributed by atoms with Gasteiger partial charge >= 0.3 is 0 Å². The van der Waals surface area contributed by atoms with Crippen LogP contribution in [0.25, 0.3) is 0 Å². The zero-order chi connectivity index (χ0) is 16.8. The summed E-state index contributed by atoms with van der Waals surface area (Å²) in [4.78, 5) is 0.155. The second-order valence-electron chi connectivity index (χ2n) is 6.20. The van der Waals surface area contributed by atoms with Crippen LogP contribution in [0.3, 0.4) is 0 Å². The summed E-state index contributed by atoms with van der Waals surface area (Å²) in [6.07, 6.45) is -1.92. The average molecular weight is 343 g/mol. The van der Waals surface area contributed by atoms with Crippen LogP contribution in [0.1, 0.15) is 13.8 Å². The predicted molar refractivity (Wildman–Crippen MR) is 81.6 cm³/mol. The maximum atomic E-state index is 12.8. The first-order valence-electron chi connectivity index (χ1n) is 7.41. The van der Waals surface area contributed by atoms with Gasteiger partial charge < -0.3 is 19.3 Å². The maximum Gasteiger partial charge on any atom is 0.243 e. The van der Waals surface area contributed by atoms with Crippen LogP contribution >= 0.6 is 0 Å². The van der Waals surface area contributed by atoms with E-state index in [1.54, 1.807) is 26.0 Å². The Hall–Kier alpha value is -1.19. The number of nitrogens with zero attached hydrogens (tertiary/aromatic N) is 1. The van der Waals surface area contributed by atoms with E-state index < -0.39 is 34.1 Å². The Kier molecular flexibility index (Phi) is 4.14. The first-order chi connectivity index (χ1) is 10.7. The third kappa shape index (κ3) is 3.09. The Labute approximate surface area is 135 Å². The minimum Gasteiger partial charge on any atom is -0.497 e. The van der Waals surface area contributed by atoms with Crippen molar-refractivity contribution in [2.75, 3.05) is 20.2 Å². The molecule has 0 aromatic heterocycles. The molecule has 1 aromatic carbocycles. The molecule has 0 saturated carbocycles. The Bertz CT molecular complexity index is 672. The second-order valence-corrected chi connectivity index (χ2v) is 8.14. The monoisotopic (exact) mass is 343 g/mol. The summed E-state index contributed by atoms with van der Waals surface area (Å²) < 4.78 is 43.2. The van der Waals surface area contributed by atoms with Gasteiger partial charge in [0, 0.05) is 13.1 Å². The van der Waals surface area contributed by atoms with E-state index in [4.69, 9.17) is 14.2 Å². The van der Waals surface area contributed by atoms with E-state index in [9.17, 15) is 13.5 Å².